The zero-order valence-electron chi connectivity index (χ0n) is 17.3. The van der Waals surface area contributed by atoms with Gasteiger partial charge in [0.1, 0.15) is 11.8 Å². The average Bonchev–Trinajstić information content (AvgIpc) is 2.81. The summed E-state index contributed by atoms with van der Waals surface area (Å²) in [5.41, 5.74) is 1.94. The van der Waals surface area contributed by atoms with Gasteiger partial charge in [-0.25, -0.2) is 0 Å². The minimum absolute atomic E-state index is 0.143. The van der Waals surface area contributed by atoms with Crippen molar-refractivity contribution in [3.05, 3.63) is 99.6 Å². The third-order valence-electron chi connectivity index (χ3n) is 4.89. The molecule has 1 N–H and O–H groups in total. The van der Waals surface area contributed by atoms with Crippen LogP contribution in [-0.4, -0.2) is 36.4 Å². The molecule has 2 amide bonds. The van der Waals surface area contributed by atoms with Crippen LogP contribution < -0.4 is 10.1 Å². The minimum atomic E-state index is -0.652. The van der Waals surface area contributed by atoms with E-state index in [9.17, 15) is 9.59 Å². The SMILES string of the molecule is CNC(=O)[C@@H](Cc1ccccc1)N(Cc1ccccc1)C(=O)COc1ccc(I)cc1. The fourth-order valence-electron chi connectivity index (χ4n) is 3.26. The van der Waals surface area contributed by atoms with Crippen molar-refractivity contribution < 1.29 is 14.3 Å². The number of likely N-dealkylation sites (N-methyl/N-ethyl adjacent to an activating group) is 1. The molecule has 0 heterocycles. The molecule has 6 heteroatoms. The van der Waals surface area contributed by atoms with E-state index in [1.807, 2.05) is 84.9 Å². The maximum absolute atomic E-state index is 13.3. The largest absolute Gasteiger partial charge is 0.484 e. The summed E-state index contributed by atoms with van der Waals surface area (Å²) in [4.78, 5) is 27.7. The van der Waals surface area contributed by atoms with E-state index in [0.29, 0.717) is 18.7 Å². The second kappa shape index (κ2) is 11.5. The van der Waals surface area contributed by atoms with E-state index in [1.54, 1.807) is 11.9 Å². The molecule has 0 aliphatic heterocycles. The number of benzene rings is 3. The second-order valence-corrected chi connectivity index (χ2v) is 8.32. The number of hydrogen-bond donors (Lipinski definition) is 1. The Hall–Kier alpha value is -2.87. The van der Waals surface area contributed by atoms with Gasteiger partial charge in [-0.05, 0) is 58.0 Å². The lowest BCUT2D eigenvalue weighted by atomic mass is 10.0. The van der Waals surface area contributed by atoms with Crippen LogP contribution in [0, 0.1) is 3.57 Å². The minimum Gasteiger partial charge on any atom is -0.484 e. The van der Waals surface area contributed by atoms with Crippen molar-refractivity contribution in [1.82, 2.24) is 10.2 Å². The molecule has 0 spiro atoms. The molecule has 0 bridgehead atoms. The van der Waals surface area contributed by atoms with Crippen LogP contribution in [0.2, 0.25) is 0 Å². The Morgan fingerprint density at radius 1 is 0.903 bits per heavy atom. The Balaban J connectivity index is 1.83. The van der Waals surface area contributed by atoms with E-state index >= 15 is 0 Å². The van der Waals surface area contributed by atoms with Crippen LogP contribution >= 0.6 is 22.6 Å². The highest BCUT2D eigenvalue weighted by Crippen LogP contribution is 2.17. The van der Waals surface area contributed by atoms with Gasteiger partial charge in [-0.15, -0.1) is 0 Å². The molecular weight excluding hydrogens is 503 g/mol. The molecule has 3 aromatic rings. The average molecular weight is 528 g/mol. The monoisotopic (exact) mass is 528 g/mol. The lowest BCUT2D eigenvalue weighted by Crippen LogP contribution is -2.51. The van der Waals surface area contributed by atoms with E-state index in [1.165, 1.54) is 0 Å². The highest BCUT2D eigenvalue weighted by molar-refractivity contribution is 14.1. The summed E-state index contributed by atoms with van der Waals surface area (Å²) in [6.45, 7) is 0.177. The first-order chi connectivity index (χ1) is 15.1. The van der Waals surface area contributed by atoms with Crippen molar-refractivity contribution in [2.75, 3.05) is 13.7 Å². The number of hydrogen-bond acceptors (Lipinski definition) is 3. The highest BCUT2D eigenvalue weighted by atomic mass is 127. The smallest absolute Gasteiger partial charge is 0.261 e. The molecule has 0 unspecified atom stereocenters. The summed E-state index contributed by atoms with van der Waals surface area (Å²) >= 11 is 2.22. The Morgan fingerprint density at radius 2 is 1.48 bits per heavy atom. The standard InChI is InChI=1S/C25H25IN2O3/c1-27-25(30)23(16-19-8-4-2-5-9-19)28(17-20-10-6-3-7-11-20)24(29)18-31-22-14-12-21(26)13-15-22/h2-15,23H,16-18H2,1H3,(H,27,30)/t23-/m1/s1. The zero-order valence-corrected chi connectivity index (χ0v) is 19.5. The first-order valence-corrected chi connectivity index (χ1v) is 11.1. The second-order valence-electron chi connectivity index (χ2n) is 7.07. The Bertz CT molecular complexity index is 979. The number of nitrogens with zero attached hydrogens (tertiary/aromatic N) is 1. The van der Waals surface area contributed by atoms with Crippen LogP contribution in [0.15, 0.2) is 84.9 Å². The number of carbonyl (C=O) groups excluding carboxylic acids is 2. The lowest BCUT2D eigenvalue weighted by Gasteiger charge is -2.31. The van der Waals surface area contributed by atoms with Gasteiger partial charge in [0, 0.05) is 23.6 Å². The predicted molar refractivity (Wildman–Crippen MR) is 130 cm³/mol. The molecule has 0 radical (unpaired) electrons. The van der Waals surface area contributed by atoms with Crippen molar-refractivity contribution in [3.63, 3.8) is 0 Å². The van der Waals surface area contributed by atoms with Gasteiger partial charge in [0.05, 0.1) is 0 Å². The van der Waals surface area contributed by atoms with Crippen molar-refractivity contribution in [2.45, 2.75) is 19.0 Å². The normalized spacial score (nSPS) is 11.4. The topological polar surface area (TPSA) is 58.6 Å². The van der Waals surface area contributed by atoms with Crippen molar-refractivity contribution >= 4 is 34.4 Å². The highest BCUT2D eigenvalue weighted by Gasteiger charge is 2.30. The quantitative estimate of drug-likeness (QED) is 0.427. The number of rotatable bonds is 9. The van der Waals surface area contributed by atoms with Gasteiger partial charge in [0.2, 0.25) is 5.91 Å². The summed E-state index contributed by atoms with van der Waals surface area (Å²) < 4.78 is 6.82. The van der Waals surface area contributed by atoms with Gasteiger partial charge in [-0.3, -0.25) is 9.59 Å². The molecule has 31 heavy (non-hydrogen) atoms. The molecule has 160 valence electrons. The summed E-state index contributed by atoms with van der Waals surface area (Å²) in [6, 6.07) is 26.2. The Kier molecular flexibility index (Phi) is 8.46. The molecule has 0 aliphatic carbocycles. The maximum Gasteiger partial charge on any atom is 0.261 e. The van der Waals surface area contributed by atoms with E-state index in [0.717, 1.165) is 14.7 Å². The Morgan fingerprint density at radius 3 is 2.06 bits per heavy atom. The van der Waals surface area contributed by atoms with Crippen molar-refractivity contribution in [2.24, 2.45) is 0 Å². The predicted octanol–water partition coefficient (Wildman–Crippen LogP) is 4.06. The van der Waals surface area contributed by atoms with Crippen LogP contribution in [0.25, 0.3) is 0 Å². The maximum atomic E-state index is 13.3. The third kappa shape index (κ3) is 6.82. The molecule has 0 fully saturated rings. The summed E-state index contributed by atoms with van der Waals surface area (Å²) in [5.74, 6) is 0.169. The zero-order chi connectivity index (χ0) is 22.1. The molecule has 0 saturated heterocycles. The first kappa shape index (κ1) is 22.8. The molecule has 0 saturated carbocycles. The fourth-order valence-corrected chi connectivity index (χ4v) is 3.62. The Labute approximate surface area is 196 Å². The molecule has 0 aromatic heterocycles. The fraction of sp³-hybridized carbons (Fsp3) is 0.200. The summed E-state index contributed by atoms with van der Waals surface area (Å²) in [7, 11) is 1.59. The van der Waals surface area contributed by atoms with Gasteiger partial charge in [0.25, 0.3) is 5.91 Å². The van der Waals surface area contributed by atoms with Crippen LogP contribution in [-0.2, 0) is 22.6 Å². The van der Waals surface area contributed by atoms with Crippen molar-refractivity contribution in [3.8, 4) is 5.75 Å². The van der Waals surface area contributed by atoms with E-state index in [2.05, 4.69) is 27.9 Å². The molecule has 1 atom stereocenters. The van der Waals surface area contributed by atoms with Crippen LogP contribution in [0.3, 0.4) is 0 Å². The van der Waals surface area contributed by atoms with E-state index in [4.69, 9.17) is 4.74 Å². The lowest BCUT2D eigenvalue weighted by molar-refractivity contribution is -0.142. The van der Waals surface area contributed by atoms with Gasteiger partial charge in [-0.2, -0.15) is 0 Å². The van der Waals surface area contributed by atoms with E-state index in [-0.39, 0.29) is 18.4 Å². The number of amides is 2. The van der Waals surface area contributed by atoms with Crippen molar-refractivity contribution in [1.29, 1.82) is 0 Å². The van der Waals surface area contributed by atoms with Gasteiger partial charge in [-0.1, -0.05) is 60.7 Å². The number of carbonyl (C=O) groups is 2. The summed E-state index contributed by atoms with van der Waals surface area (Å²) in [6.07, 6.45) is 0.419. The van der Waals surface area contributed by atoms with Gasteiger partial charge in [0.15, 0.2) is 6.61 Å². The molecule has 5 nitrogen and oxygen atoms in total. The third-order valence-corrected chi connectivity index (χ3v) is 5.61. The van der Waals surface area contributed by atoms with Crippen LogP contribution in [0.5, 0.6) is 5.75 Å². The molecule has 3 aromatic carbocycles. The van der Waals surface area contributed by atoms with Gasteiger partial charge < -0.3 is 15.0 Å². The number of ether oxygens (including phenoxy) is 1. The first-order valence-electron chi connectivity index (χ1n) is 10.0. The van der Waals surface area contributed by atoms with Gasteiger partial charge >= 0.3 is 0 Å². The molecular formula is C25H25IN2O3. The van der Waals surface area contributed by atoms with Crippen LogP contribution in [0.1, 0.15) is 11.1 Å². The number of halogens is 1. The molecule has 0 aliphatic rings. The molecule has 3 rings (SSSR count). The van der Waals surface area contributed by atoms with Crippen LogP contribution in [0.4, 0.5) is 0 Å². The number of nitrogens with one attached hydrogen (secondary N) is 1. The van der Waals surface area contributed by atoms with E-state index < -0.39 is 6.04 Å². The summed E-state index contributed by atoms with van der Waals surface area (Å²) in [5, 5.41) is 2.71.